The van der Waals surface area contributed by atoms with Gasteiger partial charge in [-0.1, -0.05) is 18.2 Å². The highest BCUT2D eigenvalue weighted by Gasteiger charge is 2.03. The second kappa shape index (κ2) is 4.65. The molecular formula is C15H12FN3. The summed E-state index contributed by atoms with van der Waals surface area (Å²) < 4.78 is 12.8. The number of fused-ring (bicyclic) bond motifs is 1. The van der Waals surface area contributed by atoms with Gasteiger partial charge in [-0.25, -0.2) is 14.4 Å². The Morgan fingerprint density at radius 3 is 2.63 bits per heavy atom. The minimum Gasteiger partial charge on any atom is -0.337 e. The molecule has 1 aromatic carbocycles. The molecule has 0 aliphatic heterocycles. The highest BCUT2D eigenvalue weighted by Crippen LogP contribution is 2.14. The summed E-state index contributed by atoms with van der Waals surface area (Å²) in [6.45, 7) is 2.01. The Balaban J connectivity index is 1.93. The van der Waals surface area contributed by atoms with Crippen LogP contribution in [0.3, 0.4) is 0 Å². The van der Waals surface area contributed by atoms with Crippen LogP contribution in [0.15, 0.2) is 36.5 Å². The number of benzene rings is 1. The Hall–Kier alpha value is -2.49. The van der Waals surface area contributed by atoms with Crippen LogP contribution in [0.25, 0.3) is 23.3 Å². The van der Waals surface area contributed by atoms with Crippen molar-refractivity contribution in [1.29, 1.82) is 0 Å². The number of nitrogens with one attached hydrogen (secondary N) is 1. The van der Waals surface area contributed by atoms with Crippen LogP contribution in [0.5, 0.6) is 0 Å². The van der Waals surface area contributed by atoms with E-state index in [9.17, 15) is 4.39 Å². The van der Waals surface area contributed by atoms with E-state index in [1.807, 2.05) is 25.1 Å². The fourth-order valence-electron chi connectivity index (χ4n) is 1.88. The van der Waals surface area contributed by atoms with Gasteiger partial charge in [-0.05, 0) is 42.3 Å². The number of imidazole rings is 1. The molecular weight excluding hydrogens is 241 g/mol. The average Bonchev–Trinajstić information content (AvgIpc) is 2.83. The maximum atomic E-state index is 12.8. The van der Waals surface area contributed by atoms with Gasteiger partial charge in [0, 0.05) is 6.20 Å². The van der Waals surface area contributed by atoms with Crippen LogP contribution in [0.2, 0.25) is 0 Å². The third-order valence-corrected chi connectivity index (χ3v) is 2.92. The standard InChI is InChI=1S/C15H12FN3/c1-10-8-9-17-15-14(10)18-13(19-15)7-4-11-2-5-12(16)6-3-11/h2-9H,1H3,(H,17,18,19)/b7-4+. The number of nitrogens with zero attached hydrogens (tertiary/aromatic N) is 2. The van der Waals surface area contributed by atoms with Gasteiger partial charge in [0.05, 0.1) is 5.52 Å². The van der Waals surface area contributed by atoms with Crippen LogP contribution in [0.4, 0.5) is 4.39 Å². The number of halogens is 1. The molecule has 3 nitrogen and oxygen atoms in total. The summed E-state index contributed by atoms with van der Waals surface area (Å²) in [6, 6.07) is 8.25. The van der Waals surface area contributed by atoms with E-state index in [2.05, 4.69) is 15.0 Å². The van der Waals surface area contributed by atoms with E-state index < -0.39 is 0 Å². The molecule has 0 aliphatic rings. The zero-order valence-corrected chi connectivity index (χ0v) is 10.4. The number of aromatic nitrogens is 3. The summed E-state index contributed by atoms with van der Waals surface area (Å²) in [5, 5.41) is 0. The first-order valence-corrected chi connectivity index (χ1v) is 5.97. The van der Waals surface area contributed by atoms with Crippen LogP contribution in [0, 0.1) is 12.7 Å². The number of rotatable bonds is 2. The lowest BCUT2D eigenvalue weighted by atomic mass is 10.2. The first kappa shape index (κ1) is 11.6. The van der Waals surface area contributed by atoms with Crippen LogP contribution in [0.1, 0.15) is 17.0 Å². The number of hydrogen-bond acceptors (Lipinski definition) is 2. The minimum atomic E-state index is -0.235. The molecule has 0 amide bonds. The summed E-state index contributed by atoms with van der Waals surface area (Å²) in [5.74, 6) is 0.502. The number of aryl methyl sites for hydroxylation is 1. The van der Waals surface area contributed by atoms with E-state index in [-0.39, 0.29) is 5.82 Å². The van der Waals surface area contributed by atoms with Crippen LogP contribution < -0.4 is 0 Å². The zero-order chi connectivity index (χ0) is 13.2. The molecule has 94 valence electrons. The quantitative estimate of drug-likeness (QED) is 0.758. The lowest BCUT2D eigenvalue weighted by molar-refractivity contribution is 0.628. The normalized spacial score (nSPS) is 11.5. The topological polar surface area (TPSA) is 41.6 Å². The van der Waals surface area contributed by atoms with Crippen molar-refractivity contribution in [2.24, 2.45) is 0 Å². The molecule has 3 rings (SSSR count). The van der Waals surface area contributed by atoms with Crippen molar-refractivity contribution in [3.63, 3.8) is 0 Å². The molecule has 2 aromatic heterocycles. The van der Waals surface area contributed by atoms with Crippen LogP contribution in [-0.4, -0.2) is 15.0 Å². The van der Waals surface area contributed by atoms with E-state index in [1.165, 1.54) is 12.1 Å². The molecule has 0 spiro atoms. The lowest BCUT2D eigenvalue weighted by Crippen LogP contribution is -1.78. The first-order chi connectivity index (χ1) is 9.22. The Bertz CT molecular complexity index is 742. The van der Waals surface area contributed by atoms with Crippen molar-refractivity contribution in [3.05, 3.63) is 59.3 Å². The van der Waals surface area contributed by atoms with Gasteiger partial charge < -0.3 is 4.98 Å². The fraction of sp³-hybridized carbons (Fsp3) is 0.0667. The second-order valence-electron chi connectivity index (χ2n) is 4.33. The molecule has 3 aromatic rings. The van der Waals surface area contributed by atoms with Crippen molar-refractivity contribution in [1.82, 2.24) is 15.0 Å². The van der Waals surface area contributed by atoms with Gasteiger partial charge in [-0.3, -0.25) is 0 Å². The van der Waals surface area contributed by atoms with Crippen molar-refractivity contribution >= 4 is 23.3 Å². The van der Waals surface area contributed by atoms with E-state index in [0.29, 0.717) is 5.65 Å². The zero-order valence-electron chi connectivity index (χ0n) is 10.4. The van der Waals surface area contributed by atoms with Gasteiger partial charge in [0.2, 0.25) is 0 Å². The molecule has 0 unspecified atom stereocenters. The SMILES string of the molecule is Cc1ccnc2nc(/C=C/c3ccc(F)cc3)[nH]c12. The van der Waals surface area contributed by atoms with Crippen molar-refractivity contribution in [3.8, 4) is 0 Å². The van der Waals surface area contributed by atoms with E-state index >= 15 is 0 Å². The largest absolute Gasteiger partial charge is 0.337 e. The van der Waals surface area contributed by atoms with Gasteiger partial charge in [-0.2, -0.15) is 0 Å². The summed E-state index contributed by atoms with van der Waals surface area (Å²) in [7, 11) is 0. The summed E-state index contributed by atoms with van der Waals surface area (Å²) in [5.41, 5.74) is 3.69. The van der Waals surface area contributed by atoms with Gasteiger partial charge >= 0.3 is 0 Å². The van der Waals surface area contributed by atoms with Gasteiger partial charge in [0.25, 0.3) is 0 Å². The number of hydrogen-bond donors (Lipinski definition) is 1. The number of pyridine rings is 1. The predicted octanol–water partition coefficient (Wildman–Crippen LogP) is 3.58. The highest BCUT2D eigenvalue weighted by atomic mass is 19.1. The van der Waals surface area contributed by atoms with Crippen molar-refractivity contribution in [2.75, 3.05) is 0 Å². The Kier molecular flexibility index (Phi) is 2.83. The molecule has 0 fully saturated rings. The minimum absolute atomic E-state index is 0.235. The van der Waals surface area contributed by atoms with Crippen molar-refractivity contribution < 1.29 is 4.39 Å². The first-order valence-electron chi connectivity index (χ1n) is 5.97. The molecule has 0 saturated carbocycles. The maximum absolute atomic E-state index is 12.8. The number of aromatic amines is 1. The van der Waals surface area contributed by atoms with E-state index in [1.54, 1.807) is 18.3 Å². The summed E-state index contributed by atoms with van der Waals surface area (Å²) in [4.78, 5) is 11.8. The molecule has 4 heteroatoms. The average molecular weight is 253 g/mol. The molecule has 0 bridgehead atoms. The highest BCUT2D eigenvalue weighted by molar-refractivity contribution is 5.78. The van der Waals surface area contributed by atoms with E-state index in [0.717, 1.165) is 22.5 Å². The molecule has 0 atom stereocenters. The van der Waals surface area contributed by atoms with Gasteiger partial charge in [-0.15, -0.1) is 0 Å². The summed E-state index contributed by atoms with van der Waals surface area (Å²) >= 11 is 0. The predicted molar refractivity (Wildman–Crippen MR) is 74.0 cm³/mol. The van der Waals surface area contributed by atoms with E-state index in [4.69, 9.17) is 0 Å². The third kappa shape index (κ3) is 2.38. The maximum Gasteiger partial charge on any atom is 0.178 e. The van der Waals surface area contributed by atoms with Crippen LogP contribution >= 0.6 is 0 Å². The molecule has 2 heterocycles. The Morgan fingerprint density at radius 1 is 1.11 bits per heavy atom. The summed E-state index contributed by atoms with van der Waals surface area (Å²) in [6.07, 6.45) is 5.48. The van der Waals surface area contributed by atoms with Gasteiger partial charge in [0.15, 0.2) is 5.65 Å². The second-order valence-corrected chi connectivity index (χ2v) is 4.33. The molecule has 0 saturated heterocycles. The number of H-pyrrole nitrogens is 1. The lowest BCUT2D eigenvalue weighted by Gasteiger charge is -1.92. The smallest absolute Gasteiger partial charge is 0.178 e. The Labute approximate surface area is 109 Å². The fourth-order valence-corrected chi connectivity index (χ4v) is 1.88. The molecule has 0 aliphatic carbocycles. The molecule has 1 N–H and O–H groups in total. The van der Waals surface area contributed by atoms with Crippen molar-refractivity contribution in [2.45, 2.75) is 6.92 Å². The van der Waals surface area contributed by atoms with Crippen LogP contribution in [-0.2, 0) is 0 Å². The molecule has 0 radical (unpaired) electrons. The molecule has 19 heavy (non-hydrogen) atoms. The monoisotopic (exact) mass is 253 g/mol. The van der Waals surface area contributed by atoms with Gasteiger partial charge in [0.1, 0.15) is 11.6 Å². The third-order valence-electron chi connectivity index (χ3n) is 2.92. The Morgan fingerprint density at radius 2 is 1.89 bits per heavy atom.